The standard InChI is InChI=1S/C10H20N2O4S/c1-3-8(9(13)14)7-12-10(15)11-5-4-6-17(2)16/h8H,3-7H2,1-2H3,(H,13,14)(H2,11,12,15). The zero-order valence-corrected chi connectivity index (χ0v) is 11.0. The van der Waals surface area contributed by atoms with Crippen LogP contribution in [-0.4, -0.2) is 46.4 Å². The van der Waals surface area contributed by atoms with Crippen LogP contribution < -0.4 is 10.6 Å². The summed E-state index contributed by atoms with van der Waals surface area (Å²) in [5, 5.41) is 13.8. The number of carboxylic acid groups (broad SMARTS) is 1. The summed E-state index contributed by atoms with van der Waals surface area (Å²) in [6, 6.07) is -0.383. The van der Waals surface area contributed by atoms with Gasteiger partial charge in [0.2, 0.25) is 0 Å². The number of carbonyl (C=O) groups excluding carboxylic acids is 1. The first kappa shape index (κ1) is 15.9. The van der Waals surface area contributed by atoms with Crippen molar-refractivity contribution in [1.29, 1.82) is 0 Å². The Hall–Kier alpha value is -1.11. The molecule has 2 amide bonds. The van der Waals surface area contributed by atoms with E-state index in [2.05, 4.69) is 10.6 Å². The van der Waals surface area contributed by atoms with Gasteiger partial charge in [0.1, 0.15) is 0 Å². The summed E-state index contributed by atoms with van der Waals surface area (Å²) in [6.45, 7) is 2.32. The van der Waals surface area contributed by atoms with E-state index in [9.17, 15) is 13.8 Å². The Morgan fingerprint density at radius 2 is 2.00 bits per heavy atom. The quantitative estimate of drug-likeness (QED) is 0.544. The number of carboxylic acids is 1. The molecule has 0 aliphatic carbocycles. The fourth-order valence-electron chi connectivity index (χ4n) is 1.16. The van der Waals surface area contributed by atoms with E-state index < -0.39 is 22.7 Å². The lowest BCUT2D eigenvalue weighted by Crippen LogP contribution is -2.40. The van der Waals surface area contributed by atoms with Crippen molar-refractivity contribution in [2.24, 2.45) is 5.92 Å². The van der Waals surface area contributed by atoms with Crippen molar-refractivity contribution in [3.8, 4) is 0 Å². The SMILES string of the molecule is CCC(CNC(=O)NCCCS(C)=O)C(=O)O. The molecular weight excluding hydrogens is 244 g/mol. The molecule has 2 atom stereocenters. The molecule has 6 nitrogen and oxygen atoms in total. The number of amides is 2. The zero-order valence-electron chi connectivity index (χ0n) is 10.2. The van der Waals surface area contributed by atoms with Crippen LogP contribution in [-0.2, 0) is 15.6 Å². The van der Waals surface area contributed by atoms with Gasteiger partial charge in [0, 0.05) is 35.9 Å². The maximum atomic E-state index is 11.2. The molecule has 0 aromatic heterocycles. The Morgan fingerprint density at radius 1 is 1.35 bits per heavy atom. The van der Waals surface area contributed by atoms with Crippen molar-refractivity contribution in [2.75, 3.05) is 25.1 Å². The summed E-state index contributed by atoms with van der Waals surface area (Å²) in [4.78, 5) is 21.9. The van der Waals surface area contributed by atoms with Crippen molar-refractivity contribution in [2.45, 2.75) is 19.8 Å². The van der Waals surface area contributed by atoms with Crippen molar-refractivity contribution < 1.29 is 18.9 Å². The van der Waals surface area contributed by atoms with E-state index in [1.165, 1.54) is 0 Å². The Labute approximate surface area is 104 Å². The summed E-state index contributed by atoms with van der Waals surface area (Å²) in [5.74, 6) is -0.912. The number of urea groups is 1. The highest BCUT2D eigenvalue weighted by molar-refractivity contribution is 7.84. The minimum atomic E-state index is -0.908. The van der Waals surface area contributed by atoms with Crippen LogP contribution in [0.4, 0.5) is 4.79 Å². The molecule has 100 valence electrons. The second kappa shape index (κ2) is 8.98. The largest absolute Gasteiger partial charge is 0.481 e. The molecule has 0 bridgehead atoms. The Morgan fingerprint density at radius 3 is 2.47 bits per heavy atom. The lowest BCUT2D eigenvalue weighted by molar-refractivity contribution is -0.141. The van der Waals surface area contributed by atoms with Crippen LogP contribution in [0.1, 0.15) is 19.8 Å². The van der Waals surface area contributed by atoms with Crippen molar-refractivity contribution in [3.63, 3.8) is 0 Å². The van der Waals surface area contributed by atoms with Crippen molar-refractivity contribution in [3.05, 3.63) is 0 Å². The average Bonchev–Trinajstić information content (AvgIpc) is 2.24. The molecule has 0 radical (unpaired) electrons. The van der Waals surface area contributed by atoms with Gasteiger partial charge in [-0.05, 0) is 12.8 Å². The normalized spacial score (nSPS) is 13.8. The number of rotatable bonds is 8. The first-order valence-electron chi connectivity index (χ1n) is 5.51. The van der Waals surface area contributed by atoms with Crippen LogP contribution >= 0.6 is 0 Å². The molecule has 0 fully saturated rings. The molecule has 3 N–H and O–H groups in total. The highest BCUT2D eigenvalue weighted by Crippen LogP contribution is 1.99. The van der Waals surface area contributed by atoms with Crippen molar-refractivity contribution in [1.82, 2.24) is 10.6 Å². The number of nitrogens with one attached hydrogen (secondary N) is 2. The molecule has 0 aromatic rings. The first-order chi connectivity index (χ1) is 7.97. The lowest BCUT2D eigenvalue weighted by atomic mass is 10.1. The van der Waals surface area contributed by atoms with Gasteiger partial charge in [0.05, 0.1) is 5.92 Å². The van der Waals surface area contributed by atoms with E-state index in [0.29, 0.717) is 25.1 Å². The molecule has 0 aliphatic heterocycles. The van der Waals surface area contributed by atoms with Crippen LogP contribution in [0, 0.1) is 5.92 Å². The van der Waals surface area contributed by atoms with Crippen LogP contribution in [0.5, 0.6) is 0 Å². The van der Waals surface area contributed by atoms with Gasteiger partial charge in [-0.25, -0.2) is 4.79 Å². The topological polar surface area (TPSA) is 95.5 Å². The molecule has 0 aliphatic rings. The van der Waals surface area contributed by atoms with E-state index in [-0.39, 0.29) is 12.6 Å². The molecule has 0 spiro atoms. The van der Waals surface area contributed by atoms with Crippen LogP contribution in [0.25, 0.3) is 0 Å². The fraction of sp³-hybridized carbons (Fsp3) is 0.800. The first-order valence-corrected chi connectivity index (χ1v) is 7.24. The molecule has 0 aromatic carbocycles. The summed E-state index contributed by atoms with van der Waals surface area (Å²) in [7, 11) is -0.848. The van der Waals surface area contributed by atoms with Gasteiger partial charge < -0.3 is 15.7 Å². The maximum absolute atomic E-state index is 11.2. The van der Waals surface area contributed by atoms with E-state index in [1.807, 2.05) is 0 Å². The van der Waals surface area contributed by atoms with Gasteiger partial charge in [0.25, 0.3) is 0 Å². The Kier molecular flexibility index (Phi) is 8.39. The lowest BCUT2D eigenvalue weighted by Gasteiger charge is -2.11. The van der Waals surface area contributed by atoms with Gasteiger partial charge in [-0.3, -0.25) is 9.00 Å². The molecule has 7 heteroatoms. The summed E-state index contributed by atoms with van der Waals surface area (Å²) in [5.41, 5.74) is 0. The van der Waals surface area contributed by atoms with Gasteiger partial charge in [-0.2, -0.15) is 0 Å². The van der Waals surface area contributed by atoms with Crippen LogP contribution in [0.2, 0.25) is 0 Å². The number of hydrogen-bond acceptors (Lipinski definition) is 3. The summed E-state index contributed by atoms with van der Waals surface area (Å²) < 4.78 is 10.7. The minimum Gasteiger partial charge on any atom is -0.481 e. The molecule has 17 heavy (non-hydrogen) atoms. The molecule has 0 saturated carbocycles. The minimum absolute atomic E-state index is 0.122. The average molecular weight is 264 g/mol. The number of carbonyl (C=O) groups is 2. The van der Waals surface area contributed by atoms with Crippen molar-refractivity contribution >= 4 is 22.8 Å². The highest BCUT2D eigenvalue weighted by atomic mass is 32.2. The zero-order chi connectivity index (χ0) is 13.3. The third-order valence-electron chi connectivity index (χ3n) is 2.25. The van der Waals surface area contributed by atoms with Gasteiger partial charge in [-0.1, -0.05) is 6.92 Å². The predicted molar refractivity (Wildman–Crippen MR) is 66.4 cm³/mol. The molecule has 2 unspecified atom stereocenters. The third-order valence-corrected chi connectivity index (χ3v) is 3.11. The molecular formula is C10H20N2O4S. The third kappa shape index (κ3) is 8.67. The molecule has 0 saturated heterocycles. The van der Waals surface area contributed by atoms with Gasteiger partial charge in [0.15, 0.2) is 0 Å². The second-order valence-electron chi connectivity index (χ2n) is 3.71. The maximum Gasteiger partial charge on any atom is 0.314 e. The second-order valence-corrected chi connectivity index (χ2v) is 5.27. The Bertz CT molecular complexity index is 283. The van der Waals surface area contributed by atoms with Crippen LogP contribution in [0.3, 0.4) is 0 Å². The smallest absolute Gasteiger partial charge is 0.314 e. The summed E-state index contributed by atoms with van der Waals surface area (Å²) in [6.07, 6.45) is 2.73. The Balaban J connectivity index is 3.65. The van der Waals surface area contributed by atoms with E-state index in [4.69, 9.17) is 5.11 Å². The summed E-state index contributed by atoms with van der Waals surface area (Å²) >= 11 is 0. The number of hydrogen-bond donors (Lipinski definition) is 3. The van der Waals surface area contributed by atoms with Gasteiger partial charge in [-0.15, -0.1) is 0 Å². The van der Waals surface area contributed by atoms with E-state index in [0.717, 1.165) is 0 Å². The fourth-order valence-corrected chi connectivity index (χ4v) is 1.71. The molecule has 0 rings (SSSR count). The predicted octanol–water partition coefficient (Wildman–Crippen LogP) is 0.165. The monoisotopic (exact) mass is 264 g/mol. The molecule has 0 heterocycles. The van der Waals surface area contributed by atoms with Gasteiger partial charge >= 0.3 is 12.0 Å². The van der Waals surface area contributed by atoms with E-state index in [1.54, 1.807) is 13.2 Å². The van der Waals surface area contributed by atoms with E-state index >= 15 is 0 Å². The van der Waals surface area contributed by atoms with Crippen LogP contribution in [0.15, 0.2) is 0 Å². The number of aliphatic carboxylic acids is 1. The highest BCUT2D eigenvalue weighted by Gasteiger charge is 2.15.